The van der Waals surface area contributed by atoms with E-state index in [4.69, 9.17) is 4.74 Å². The smallest absolute Gasteiger partial charge is 0.407 e. The van der Waals surface area contributed by atoms with Gasteiger partial charge in [0.15, 0.2) is 0 Å². The molecule has 0 unspecified atom stereocenters. The maximum absolute atomic E-state index is 11.4. The highest BCUT2D eigenvalue weighted by Crippen LogP contribution is 2.09. The molecule has 0 aliphatic rings. The van der Waals surface area contributed by atoms with E-state index in [0.717, 1.165) is 10.5 Å². The highest BCUT2D eigenvalue weighted by Gasteiger charge is 2.15. The molecule has 0 aliphatic carbocycles. The van der Waals surface area contributed by atoms with Gasteiger partial charge >= 0.3 is 6.09 Å². The molecule has 0 aromatic heterocycles. The van der Waals surface area contributed by atoms with Gasteiger partial charge in [0.05, 0.1) is 0 Å². The van der Waals surface area contributed by atoms with Crippen LogP contribution in [0.3, 0.4) is 0 Å². The first-order chi connectivity index (χ1) is 8.28. The summed E-state index contributed by atoms with van der Waals surface area (Å²) in [5.41, 5.74) is 0.447. The topological polar surface area (TPSA) is 55.4 Å². The van der Waals surface area contributed by atoms with Gasteiger partial charge in [-0.3, -0.25) is 4.21 Å². The van der Waals surface area contributed by atoms with Crippen LogP contribution in [0.25, 0.3) is 0 Å². The van der Waals surface area contributed by atoms with E-state index >= 15 is 0 Å². The average Bonchev–Trinajstić information content (AvgIpc) is 2.24. The molecule has 0 spiro atoms. The van der Waals surface area contributed by atoms with Gasteiger partial charge in [0, 0.05) is 28.5 Å². The SMILES string of the molecule is C[S@](=O)c1ccc(CNC(=O)OC(C)(C)C)cc1. The van der Waals surface area contributed by atoms with Gasteiger partial charge in [0.25, 0.3) is 0 Å². The minimum atomic E-state index is -0.975. The third-order valence-corrected chi connectivity index (χ3v) is 3.03. The summed E-state index contributed by atoms with van der Waals surface area (Å²) in [5, 5.41) is 2.67. The highest BCUT2D eigenvalue weighted by atomic mass is 32.2. The van der Waals surface area contributed by atoms with E-state index in [0.29, 0.717) is 6.54 Å². The van der Waals surface area contributed by atoms with Crippen LogP contribution < -0.4 is 5.32 Å². The molecule has 1 atom stereocenters. The molecule has 0 aliphatic heterocycles. The molecule has 0 heterocycles. The summed E-state index contributed by atoms with van der Waals surface area (Å²) in [6.45, 7) is 5.85. The number of alkyl carbamates (subject to hydrolysis) is 1. The Morgan fingerprint density at radius 1 is 1.28 bits per heavy atom. The number of carbonyl (C=O) groups is 1. The first kappa shape index (κ1) is 14.7. The molecule has 1 amide bonds. The average molecular weight is 269 g/mol. The quantitative estimate of drug-likeness (QED) is 0.917. The number of rotatable bonds is 3. The lowest BCUT2D eigenvalue weighted by molar-refractivity contribution is 0.0523. The Balaban J connectivity index is 2.49. The molecule has 0 radical (unpaired) electrons. The van der Waals surface area contributed by atoms with Gasteiger partial charge in [-0.15, -0.1) is 0 Å². The molecule has 1 rings (SSSR count). The van der Waals surface area contributed by atoms with Crippen molar-refractivity contribution in [3.05, 3.63) is 29.8 Å². The van der Waals surface area contributed by atoms with Crippen LogP contribution in [-0.4, -0.2) is 22.2 Å². The molecule has 5 heteroatoms. The van der Waals surface area contributed by atoms with E-state index in [1.807, 2.05) is 32.9 Å². The number of benzene rings is 1. The molecular formula is C13H19NO3S. The summed E-state index contributed by atoms with van der Waals surface area (Å²) in [6, 6.07) is 7.27. The summed E-state index contributed by atoms with van der Waals surface area (Å²) >= 11 is 0. The number of carbonyl (C=O) groups excluding carboxylic acids is 1. The molecule has 1 aromatic rings. The molecule has 0 bridgehead atoms. The molecule has 4 nitrogen and oxygen atoms in total. The summed E-state index contributed by atoms with van der Waals surface area (Å²) in [6.07, 6.45) is 1.19. The monoisotopic (exact) mass is 269 g/mol. The van der Waals surface area contributed by atoms with Gasteiger partial charge in [-0.05, 0) is 38.5 Å². The van der Waals surface area contributed by atoms with Gasteiger partial charge in [-0.2, -0.15) is 0 Å². The number of nitrogens with one attached hydrogen (secondary N) is 1. The van der Waals surface area contributed by atoms with Crippen molar-refractivity contribution in [1.82, 2.24) is 5.32 Å². The van der Waals surface area contributed by atoms with Crippen molar-refractivity contribution in [2.45, 2.75) is 37.8 Å². The normalized spacial score (nSPS) is 12.9. The Hall–Kier alpha value is -1.36. The summed E-state index contributed by atoms with van der Waals surface area (Å²) in [4.78, 5) is 12.2. The third kappa shape index (κ3) is 5.31. The zero-order chi connectivity index (χ0) is 13.8. The van der Waals surface area contributed by atoms with Crippen molar-refractivity contribution >= 4 is 16.9 Å². The Labute approximate surface area is 110 Å². The summed E-state index contributed by atoms with van der Waals surface area (Å²) in [7, 11) is -0.975. The fraction of sp³-hybridized carbons (Fsp3) is 0.462. The van der Waals surface area contributed by atoms with Crippen LogP contribution in [0.5, 0.6) is 0 Å². The first-order valence-electron chi connectivity index (χ1n) is 5.67. The van der Waals surface area contributed by atoms with Gasteiger partial charge in [-0.25, -0.2) is 4.79 Å². The second-order valence-corrected chi connectivity index (χ2v) is 6.33. The Morgan fingerprint density at radius 2 is 1.83 bits per heavy atom. The summed E-state index contributed by atoms with van der Waals surface area (Å²) in [5.74, 6) is 0. The molecule has 18 heavy (non-hydrogen) atoms. The number of ether oxygens (including phenoxy) is 1. The predicted molar refractivity (Wildman–Crippen MR) is 71.8 cm³/mol. The molecule has 1 aromatic carbocycles. The second kappa shape index (κ2) is 6.00. The highest BCUT2D eigenvalue weighted by molar-refractivity contribution is 7.84. The largest absolute Gasteiger partial charge is 0.444 e. The van der Waals surface area contributed by atoms with Crippen LogP contribution in [0.2, 0.25) is 0 Å². The van der Waals surface area contributed by atoms with Crippen molar-refractivity contribution in [3.63, 3.8) is 0 Å². The lowest BCUT2D eigenvalue weighted by Crippen LogP contribution is -2.32. The maximum atomic E-state index is 11.4. The molecular weight excluding hydrogens is 250 g/mol. The van der Waals surface area contributed by atoms with E-state index in [1.54, 1.807) is 18.4 Å². The van der Waals surface area contributed by atoms with E-state index < -0.39 is 22.5 Å². The van der Waals surface area contributed by atoms with Crippen molar-refractivity contribution in [2.75, 3.05) is 6.26 Å². The minimum absolute atomic E-state index is 0.394. The zero-order valence-electron chi connectivity index (χ0n) is 11.1. The molecule has 1 N–H and O–H groups in total. The zero-order valence-corrected chi connectivity index (χ0v) is 12.0. The first-order valence-corrected chi connectivity index (χ1v) is 7.23. The second-order valence-electron chi connectivity index (χ2n) is 4.95. The predicted octanol–water partition coefficient (Wildman–Crippen LogP) is 2.45. The van der Waals surface area contributed by atoms with Crippen LogP contribution in [0, 0.1) is 0 Å². The third-order valence-electron chi connectivity index (χ3n) is 2.09. The van der Waals surface area contributed by atoms with Gasteiger partial charge in [-0.1, -0.05) is 12.1 Å². The lowest BCUT2D eigenvalue weighted by Gasteiger charge is -2.19. The molecule has 0 saturated heterocycles. The molecule has 100 valence electrons. The standard InChI is InChI=1S/C13H19NO3S/c1-13(2,3)17-12(15)14-9-10-5-7-11(8-6-10)18(4)16/h5-8H,9H2,1-4H3,(H,14,15)/t18-/m0/s1. The van der Waals surface area contributed by atoms with Crippen molar-refractivity contribution in [2.24, 2.45) is 0 Å². The van der Waals surface area contributed by atoms with Gasteiger partial charge < -0.3 is 10.1 Å². The number of hydrogen-bond donors (Lipinski definition) is 1. The van der Waals surface area contributed by atoms with Crippen molar-refractivity contribution in [3.8, 4) is 0 Å². The Kier molecular flexibility index (Phi) is 4.90. The minimum Gasteiger partial charge on any atom is -0.444 e. The van der Waals surface area contributed by atoms with Crippen LogP contribution >= 0.6 is 0 Å². The lowest BCUT2D eigenvalue weighted by atomic mass is 10.2. The fourth-order valence-electron chi connectivity index (χ4n) is 1.29. The molecule has 0 fully saturated rings. The number of hydrogen-bond acceptors (Lipinski definition) is 3. The van der Waals surface area contributed by atoms with E-state index in [-0.39, 0.29) is 0 Å². The van der Waals surface area contributed by atoms with E-state index in [1.165, 1.54) is 0 Å². The van der Waals surface area contributed by atoms with E-state index in [9.17, 15) is 9.00 Å². The van der Waals surface area contributed by atoms with Crippen molar-refractivity contribution < 1.29 is 13.7 Å². The fourth-order valence-corrected chi connectivity index (χ4v) is 1.81. The van der Waals surface area contributed by atoms with Crippen molar-refractivity contribution in [1.29, 1.82) is 0 Å². The van der Waals surface area contributed by atoms with E-state index in [2.05, 4.69) is 5.32 Å². The summed E-state index contributed by atoms with van der Waals surface area (Å²) < 4.78 is 16.3. The van der Waals surface area contributed by atoms with Crippen LogP contribution in [0.15, 0.2) is 29.2 Å². The van der Waals surface area contributed by atoms with Crippen LogP contribution in [0.1, 0.15) is 26.3 Å². The Bertz CT molecular complexity index is 435. The van der Waals surface area contributed by atoms with Gasteiger partial charge in [0.2, 0.25) is 0 Å². The maximum Gasteiger partial charge on any atom is 0.407 e. The van der Waals surface area contributed by atoms with Crippen LogP contribution in [-0.2, 0) is 22.1 Å². The number of amides is 1. The Morgan fingerprint density at radius 3 is 2.28 bits per heavy atom. The molecule has 0 saturated carbocycles. The van der Waals surface area contributed by atoms with Gasteiger partial charge in [0.1, 0.15) is 5.60 Å². The van der Waals surface area contributed by atoms with Crippen LogP contribution in [0.4, 0.5) is 4.79 Å².